The number of benzene rings is 1. The second-order valence-corrected chi connectivity index (χ2v) is 5.36. The average Bonchev–Trinajstić information content (AvgIpc) is 2.25. The van der Waals surface area contributed by atoms with Crippen LogP contribution in [0, 0.1) is 5.82 Å². The minimum atomic E-state index is -0.199. The van der Waals surface area contributed by atoms with Gasteiger partial charge in [0, 0.05) is 10.5 Å². The van der Waals surface area contributed by atoms with Crippen LogP contribution < -0.4 is 5.32 Å². The molecule has 0 heterocycles. The van der Waals surface area contributed by atoms with Crippen LogP contribution in [-0.4, -0.2) is 6.04 Å². The molecule has 92 valence electrons. The van der Waals surface area contributed by atoms with Gasteiger partial charge in [0.2, 0.25) is 0 Å². The topological polar surface area (TPSA) is 12.0 Å². The molecule has 0 saturated heterocycles. The molecule has 1 aromatic carbocycles. The zero-order valence-electron chi connectivity index (χ0n) is 9.76. The molecule has 0 amide bonds. The maximum Gasteiger partial charge on any atom is 0.147 e. The van der Waals surface area contributed by atoms with Gasteiger partial charge in [-0.05, 0) is 37.5 Å². The maximum absolute atomic E-state index is 13.7. The first-order chi connectivity index (χ1) is 8.25. The van der Waals surface area contributed by atoms with E-state index >= 15 is 0 Å². The molecular weight excluding hydrogens is 281 g/mol. The van der Waals surface area contributed by atoms with Crippen molar-refractivity contribution < 1.29 is 4.39 Å². The molecule has 0 spiro atoms. The highest BCUT2D eigenvalue weighted by molar-refractivity contribution is 9.10. The van der Waals surface area contributed by atoms with Crippen molar-refractivity contribution in [1.82, 2.24) is 0 Å². The van der Waals surface area contributed by atoms with E-state index in [0.717, 1.165) is 17.3 Å². The largest absolute Gasteiger partial charge is 0.376 e. The van der Waals surface area contributed by atoms with E-state index in [4.69, 9.17) is 0 Å². The van der Waals surface area contributed by atoms with Crippen LogP contribution in [0.3, 0.4) is 0 Å². The highest BCUT2D eigenvalue weighted by Gasteiger charge is 2.09. The SMILES string of the molecule is Fc1cc(Br)ccc1NC1/C=C/CCCCC1. The van der Waals surface area contributed by atoms with E-state index in [-0.39, 0.29) is 11.9 Å². The van der Waals surface area contributed by atoms with Gasteiger partial charge in [0.1, 0.15) is 5.82 Å². The van der Waals surface area contributed by atoms with Gasteiger partial charge in [0.05, 0.1) is 5.69 Å². The van der Waals surface area contributed by atoms with Crippen LogP contribution in [-0.2, 0) is 0 Å². The van der Waals surface area contributed by atoms with E-state index in [9.17, 15) is 4.39 Å². The molecule has 1 atom stereocenters. The van der Waals surface area contributed by atoms with Crippen molar-refractivity contribution in [2.24, 2.45) is 0 Å². The second kappa shape index (κ2) is 6.20. The molecule has 2 rings (SSSR count). The Morgan fingerprint density at radius 2 is 2.12 bits per heavy atom. The molecule has 0 saturated carbocycles. The van der Waals surface area contributed by atoms with Crippen LogP contribution in [0.5, 0.6) is 0 Å². The van der Waals surface area contributed by atoms with Gasteiger partial charge in [-0.25, -0.2) is 4.39 Å². The third kappa shape index (κ3) is 3.84. The van der Waals surface area contributed by atoms with E-state index in [1.54, 1.807) is 6.07 Å². The zero-order chi connectivity index (χ0) is 12.1. The molecule has 0 fully saturated rings. The van der Waals surface area contributed by atoms with Crippen molar-refractivity contribution in [3.63, 3.8) is 0 Å². The summed E-state index contributed by atoms with van der Waals surface area (Å²) in [6, 6.07) is 5.39. The van der Waals surface area contributed by atoms with E-state index in [1.165, 1.54) is 25.3 Å². The molecule has 0 aliphatic heterocycles. The molecule has 1 N–H and O–H groups in total. The Bertz CT molecular complexity index is 403. The van der Waals surface area contributed by atoms with Crippen LogP contribution in [0.2, 0.25) is 0 Å². The molecule has 17 heavy (non-hydrogen) atoms. The van der Waals surface area contributed by atoms with Crippen LogP contribution in [0.1, 0.15) is 32.1 Å². The van der Waals surface area contributed by atoms with Gasteiger partial charge in [-0.2, -0.15) is 0 Å². The lowest BCUT2D eigenvalue weighted by atomic mass is 10.0. The lowest BCUT2D eigenvalue weighted by Crippen LogP contribution is -2.18. The van der Waals surface area contributed by atoms with Crippen molar-refractivity contribution in [3.05, 3.63) is 40.6 Å². The molecule has 0 aromatic heterocycles. The van der Waals surface area contributed by atoms with E-state index in [0.29, 0.717) is 5.69 Å². The highest BCUT2D eigenvalue weighted by atomic mass is 79.9. The summed E-state index contributed by atoms with van der Waals surface area (Å²) in [5.74, 6) is -0.199. The maximum atomic E-state index is 13.7. The van der Waals surface area contributed by atoms with Crippen molar-refractivity contribution in [2.75, 3.05) is 5.32 Å². The van der Waals surface area contributed by atoms with Gasteiger partial charge in [-0.1, -0.05) is 40.9 Å². The van der Waals surface area contributed by atoms with Gasteiger partial charge in [-0.3, -0.25) is 0 Å². The Morgan fingerprint density at radius 1 is 1.24 bits per heavy atom. The number of halogens is 2. The first-order valence-electron chi connectivity index (χ1n) is 6.14. The normalized spacial score (nSPS) is 22.6. The summed E-state index contributed by atoms with van der Waals surface area (Å²) in [4.78, 5) is 0. The highest BCUT2D eigenvalue weighted by Crippen LogP contribution is 2.22. The Labute approximate surface area is 110 Å². The fraction of sp³-hybridized carbons (Fsp3) is 0.429. The number of hydrogen-bond donors (Lipinski definition) is 1. The lowest BCUT2D eigenvalue weighted by Gasteiger charge is -2.18. The molecule has 3 heteroatoms. The zero-order valence-corrected chi connectivity index (χ0v) is 11.3. The molecule has 1 unspecified atom stereocenters. The van der Waals surface area contributed by atoms with Crippen LogP contribution in [0.15, 0.2) is 34.8 Å². The standard InChI is InChI=1S/C14H17BrFN/c15-11-8-9-14(13(16)10-11)17-12-6-4-2-1-3-5-7-12/h4,6,8-10,12,17H,1-3,5,7H2/b6-4+. The Hall–Kier alpha value is -0.830. The van der Waals surface area contributed by atoms with E-state index in [2.05, 4.69) is 33.4 Å². The Morgan fingerprint density at radius 3 is 2.94 bits per heavy atom. The molecule has 1 aliphatic carbocycles. The van der Waals surface area contributed by atoms with Gasteiger partial charge in [0.15, 0.2) is 0 Å². The third-order valence-electron chi connectivity index (χ3n) is 3.03. The smallest absolute Gasteiger partial charge is 0.147 e. The minimum Gasteiger partial charge on any atom is -0.376 e. The predicted octanol–water partition coefficient (Wildman–Crippen LogP) is 4.89. The molecule has 1 nitrogen and oxygen atoms in total. The van der Waals surface area contributed by atoms with Gasteiger partial charge in [0.25, 0.3) is 0 Å². The molecular formula is C14H17BrFN. The number of rotatable bonds is 2. The fourth-order valence-electron chi connectivity index (χ4n) is 2.09. The molecule has 1 aromatic rings. The quantitative estimate of drug-likeness (QED) is 0.767. The van der Waals surface area contributed by atoms with Crippen molar-refractivity contribution in [3.8, 4) is 0 Å². The van der Waals surface area contributed by atoms with Crippen molar-refractivity contribution in [2.45, 2.75) is 38.1 Å². The molecule has 1 aliphatic rings. The number of allylic oxidation sites excluding steroid dienone is 1. The average molecular weight is 298 g/mol. The van der Waals surface area contributed by atoms with Crippen molar-refractivity contribution in [1.29, 1.82) is 0 Å². The number of hydrogen-bond acceptors (Lipinski definition) is 1. The summed E-state index contributed by atoms with van der Waals surface area (Å²) in [5, 5.41) is 3.26. The van der Waals surface area contributed by atoms with Crippen LogP contribution >= 0.6 is 15.9 Å². The van der Waals surface area contributed by atoms with Crippen LogP contribution in [0.25, 0.3) is 0 Å². The fourth-order valence-corrected chi connectivity index (χ4v) is 2.42. The van der Waals surface area contributed by atoms with E-state index < -0.39 is 0 Å². The Kier molecular flexibility index (Phi) is 4.60. The summed E-state index contributed by atoms with van der Waals surface area (Å²) in [6.45, 7) is 0. The molecule has 0 bridgehead atoms. The minimum absolute atomic E-state index is 0.199. The number of anilines is 1. The van der Waals surface area contributed by atoms with Crippen LogP contribution in [0.4, 0.5) is 10.1 Å². The summed E-state index contributed by atoms with van der Waals surface area (Å²) in [7, 11) is 0. The van der Waals surface area contributed by atoms with Crippen molar-refractivity contribution >= 4 is 21.6 Å². The number of nitrogens with one attached hydrogen (secondary N) is 1. The van der Waals surface area contributed by atoms with Gasteiger partial charge in [-0.15, -0.1) is 0 Å². The van der Waals surface area contributed by atoms with Gasteiger partial charge >= 0.3 is 0 Å². The summed E-state index contributed by atoms with van der Waals surface area (Å²) >= 11 is 3.26. The van der Waals surface area contributed by atoms with E-state index in [1.807, 2.05) is 6.07 Å². The predicted molar refractivity (Wildman–Crippen MR) is 73.7 cm³/mol. The lowest BCUT2D eigenvalue weighted by molar-refractivity contribution is 0.599. The first kappa shape index (κ1) is 12.6. The first-order valence-corrected chi connectivity index (χ1v) is 6.93. The van der Waals surface area contributed by atoms with Gasteiger partial charge < -0.3 is 5.32 Å². The monoisotopic (exact) mass is 297 g/mol. The molecule has 0 radical (unpaired) electrons. The summed E-state index contributed by atoms with van der Waals surface area (Å²) in [5.41, 5.74) is 0.587. The second-order valence-electron chi connectivity index (χ2n) is 4.44. The third-order valence-corrected chi connectivity index (χ3v) is 3.52. The summed E-state index contributed by atoms with van der Waals surface area (Å²) < 4.78 is 14.4. The Balaban J connectivity index is 2.05. The summed E-state index contributed by atoms with van der Waals surface area (Å²) in [6.07, 6.45) is 10.3.